The van der Waals surface area contributed by atoms with Gasteiger partial charge in [0.2, 0.25) is 11.8 Å². The third kappa shape index (κ3) is 2.91. The number of imide groups is 1. The largest absolute Gasteiger partial charge is 0.497 e. The zero-order valence-electron chi connectivity index (χ0n) is 18.6. The molecule has 1 saturated heterocycles. The SMILES string of the molecule is COc1ccc(N2C(=O)[C@@H]3[C@H]4C[C@@H]([C@@H]3C2=O)[C@@H]2[C@H](c3ccc(F)cc3)c3sc(=O)[nH]c3S[C@@H]42)cc1. The Morgan fingerprint density at radius 2 is 1.66 bits per heavy atom. The molecule has 7 atom stereocenters. The number of carbonyl (C=O) groups excluding carboxylic acids is 2. The van der Waals surface area contributed by atoms with Crippen molar-refractivity contribution in [2.45, 2.75) is 22.6 Å². The molecule has 1 aromatic heterocycles. The van der Waals surface area contributed by atoms with Crippen LogP contribution in [-0.2, 0) is 9.59 Å². The second kappa shape index (κ2) is 7.54. The summed E-state index contributed by atoms with van der Waals surface area (Å²) in [6.07, 6.45) is 0.822. The number of nitrogens with zero attached hydrogens (tertiary/aromatic N) is 1. The molecule has 35 heavy (non-hydrogen) atoms. The molecule has 7 rings (SSSR count). The minimum absolute atomic E-state index is 0.0302. The number of anilines is 1. The Morgan fingerprint density at radius 3 is 2.34 bits per heavy atom. The number of benzene rings is 2. The topological polar surface area (TPSA) is 79.5 Å². The van der Waals surface area contributed by atoms with E-state index in [1.54, 1.807) is 55.3 Å². The van der Waals surface area contributed by atoms with Crippen LogP contribution >= 0.6 is 23.1 Å². The van der Waals surface area contributed by atoms with Crippen molar-refractivity contribution in [1.29, 1.82) is 0 Å². The van der Waals surface area contributed by atoms with Crippen molar-refractivity contribution in [3.8, 4) is 5.75 Å². The highest BCUT2D eigenvalue weighted by Gasteiger charge is 2.69. The number of carbonyl (C=O) groups is 2. The predicted octanol–water partition coefficient (Wildman–Crippen LogP) is 4.26. The fourth-order valence-corrected chi connectivity index (χ4v) is 9.93. The number of ether oxygens (including phenoxy) is 1. The van der Waals surface area contributed by atoms with Gasteiger partial charge in [0.1, 0.15) is 11.6 Å². The molecule has 178 valence electrons. The lowest BCUT2D eigenvalue weighted by atomic mass is 9.68. The Kier molecular flexibility index (Phi) is 4.61. The summed E-state index contributed by atoms with van der Waals surface area (Å²) in [5, 5.41) is 0.963. The van der Waals surface area contributed by atoms with E-state index in [1.807, 2.05) is 0 Å². The first-order chi connectivity index (χ1) is 17.0. The van der Waals surface area contributed by atoms with Crippen molar-refractivity contribution in [2.24, 2.45) is 29.6 Å². The van der Waals surface area contributed by atoms with Gasteiger partial charge in [-0.15, -0.1) is 11.8 Å². The van der Waals surface area contributed by atoms with Gasteiger partial charge in [-0.3, -0.25) is 19.3 Å². The molecule has 3 fully saturated rings. The molecule has 2 aliphatic heterocycles. The van der Waals surface area contributed by atoms with E-state index in [9.17, 15) is 18.8 Å². The summed E-state index contributed by atoms with van der Waals surface area (Å²) in [5.74, 6) is -0.525. The fraction of sp³-hybridized carbons (Fsp3) is 0.346. The van der Waals surface area contributed by atoms with Gasteiger partial charge in [0.15, 0.2) is 0 Å². The van der Waals surface area contributed by atoms with Gasteiger partial charge in [-0.1, -0.05) is 23.5 Å². The molecule has 9 heteroatoms. The number of hydrogen-bond donors (Lipinski definition) is 1. The van der Waals surface area contributed by atoms with E-state index in [0.29, 0.717) is 11.4 Å². The molecule has 0 radical (unpaired) electrons. The number of thiazole rings is 1. The number of H-pyrrole nitrogens is 1. The van der Waals surface area contributed by atoms with Gasteiger partial charge >= 0.3 is 4.87 Å². The summed E-state index contributed by atoms with van der Waals surface area (Å²) in [4.78, 5) is 44.8. The van der Waals surface area contributed by atoms with Gasteiger partial charge in [-0.05, 0) is 66.1 Å². The molecule has 4 aliphatic rings. The van der Waals surface area contributed by atoms with Crippen LogP contribution in [0, 0.1) is 35.4 Å². The van der Waals surface area contributed by atoms with E-state index in [-0.39, 0.29) is 63.3 Å². The number of nitrogens with one attached hydrogen (secondary N) is 1. The number of hydrogen-bond acceptors (Lipinski definition) is 6. The second-order valence-electron chi connectivity index (χ2n) is 9.72. The summed E-state index contributed by atoms with van der Waals surface area (Å²) < 4.78 is 19.0. The van der Waals surface area contributed by atoms with Crippen LogP contribution in [0.3, 0.4) is 0 Å². The van der Waals surface area contributed by atoms with Gasteiger partial charge < -0.3 is 9.72 Å². The van der Waals surface area contributed by atoms with E-state index in [2.05, 4.69) is 4.98 Å². The molecule has 2 bridgehead atoms. The first-order valence-electron chi connectivity index (χ1n) is 11.6. The normalized spacial score (nSPS) is 32.5. The van der Waals surface area contributed by atoms with Crippen molar-refractivity contribution in [1.82, 2.24) is 4.98 Å². The van der Waals surface area contributed by atoms with Crippen LogP contribution < -0.4 is 14.5 Å². The molecule has 0 spiro atoms. The molecular formula is C26H21FN2O4S2. The molecule has 1 N–H and O–H groups in total. The van der Waals surface area contributed by atoms with Gasteiger partial charge in [0, 0.05) is 16.0 Å². The second-order valence-corrected chi connectivity index (χ2v) is 11.9. The van der Waals surface area contributed by atoms with Crippen LogP contribution in [0.5, 0.6) is 5.75 Å². The molecular weight excluding hydrogens is 487 g/mol. The quantitative estimate of drug-likeness (QED) is 0.535. The fourth-order valence-electron chi connectivity index (χ4n) is 7.05. The zero-order chi connectivity index (χ0) is 24.0. The van der Waals surface area contributed by atoms with Crippen molar-refractivity contribution < 1.29 is 18.7 Å². The van der Waals surface area contributed by atoms with Crippen LogP contribution in [-0.4, -0.2) is 29.2 Å². The smallest absolute Gasteiger partial charge is 0.305 e. The molecule has 2 amide bonds. The summed E-state index contributed by atoms with van der Waals surface area (Å²) in [5.41, 5.74) is 1.52. The lowest BCUT2D eigenvalue weighted by Gasteiger charge is -2.43. The highest BCUT2D eigenvalue weighted by Crippen LogP contribution is 2.68. The number of thioether (sulfide) groups is 1. The van der Waals surface area contributed by atoms with E-state index in [0.717, 1.165) is 21.9 Å². The minimum atomic E-state index is -0.364. The molecule has 2 saturated carbocycles. The van der Waals surface area contributed by atoms with E-state index < -0.39 is 0 Å². The van der Waals surface area contributed by atoms with E-state index in [4.69, 9.17) is 4.74 Å². The van der Waals surface area contributed by atoms with Gasteiger partial charge in [0.25, 0.3) is 0 Å². The Bertz CT molecular complexity index is 1420. The van der Waals surface area contributed by atoms with Gasteiger partial charge in [-0.25, -0.2) is 4.39 Å². The third-order valence-corrected chi connectivity index (χ3v) is 10.9. The number of methoxy groups -OCH3 is 1. The maximum Gasteiger partial charge on any atom is 0.305 e. The lowest BCUT2D eigenvalue weighted by Crippen LogP contribution is -2.42. The van der Waals surface area contributed by atoms with Gasteiger partial charge in [0.05, 0.1) is 29.7 Å². The standard InChI is InChI=1S/C26H21FN2O4S2/c1-33-14-8-6-13(7-9-14)29-24(30)19-15-10-16(20(19)25(29)31)21-18(15)17(11-2-4-12(27)5-3-11)22-23(34-21)28-26(32)35-22/h2-9,15-21H,10H2,1H3,(H,28,32)/t15-,16-,17+,18-,19+,20-,21+/m1/s1. The summed E-state index contributed by atoms with van der Waals surface area (Å²) in [7, 11) is 1.58. The average molecular weight is 509 g/mol. The van der Waals surface area contributed by atoms with Crippen LogP contribution in [0.25, 0.3) is 0 Å². The van der Waals surface area contributed by atoms with Crippen molar-refractivity contribution in [2.75, 3.05) is 12.0 Å². The number of aromatic nitrogens is 1. The number of rotatable bonds is 3. The average Bonchev–Trinajstić information content (AvgIpc) is 3.59. The molecule has 3 heterocycles. The van der Waals surface area contributed by atoms with E-state index >= 15 is 0 Å². The summed E-state index contributed by atoms with van der Waals surface area (Å²) >= 11 is 2.85. The Morgan fingerprint density at radius 1 is 0.971 bits per heavy atom. The number of aromatic amines is 1. The van der Waals surface area contributed by atoms with Gasteiger partial charge in [-0.2, -0.15) is 0 Å². The highest BCUT2D eigenvalue weighted by molar-refractivity contribution is 8.00. The first kappa shape index (κ1) is 21.4. The molecule has 2 aliphatic carbocycles. The monoisotopic (exact) mass is 508 g/mol. The number of fused-ring (bicyclic) bond motifs is 9. The number of halogens is 1. The van der Waals surface area contributed by atoms with E-state index in [1.165, 1.54) is 28.4 Å². The lowest BCUT2D eigenvalue weighted by molar-refractivity contribution is -0.123. The molecule has 0 unspecified atom stereocenters. The van der Waals surface area contributed by atoms with Crippen molar-refractivity contribution in [3.05, 3.63) is 74.5 Å². The van der Waals surface area contributed by atoms with Crippen LogP contribution in [0.2, 0.25) is 0 Å². The Hall–Kier alpha value is -2.91. The minimum Gasteiger partial charge on any atom is -0.497 e. The van der Waals surface area contributed by atoms with Crippen LogP contribution in [0.4, 0.5) is 10.1 Å². The maximum absolute atomic E-state index is 13.7. The molecule has 3 aromatic rings. The molecule has 6 nitrogen and oxygen atoms in total. The maximum atomic E-state index is 13.7. The highest BCUT2D eigenvalue weighted by atomic mass is 32.2. The predicted molar refractivity (Wildman–Crippen MR) is 130 cm³/mol. The molecule has 2 aromatic carbocycles. The van der Waals surface area contributed by atoms with Crippen LogP contribution in [0.1, 0.15) is 22.8 Å². The van der Waals surface area contributed by atoms with Crippen molar-refractivity contribution >= 4 is 40.6 Å². The summed E-state index contributed by atoms with van der Waals surface area (Å²) in [6.45, 7) is 0. The van der Waals surface area contributed by atoms with Crippen LogP contribution in [0.15, 0.2) is 58.4 Å². The Balaban J connectivity index is 1.30. The first-order valence-corrected chi connectivity index (χ1v) is 13.3. The third-order valence-electron chi connectivity index (χ3n) is 8.28. The zero-order valence-corrected chi connectivity index (χ0v) is 20.3. The van der Waals surface area contributed by atoms with Crippen molar-refractivity contribution in [3.63, 3.8) is 0 Å². The Labute approximate surface area is 208 Å². The summed E-state index contributed by atoms with van der Waals surface area (Å²) in [6, 6.07) is 13.5. The number of amides is 2.